The molecule has 0 fully saturated rings. The Morgan fingerprint density at radius 2 is 1.58 bits per heavy atom. The lowest BCUT2D eigenvalue weighted by atomic mass is 10.0. The lowest BCUT2D eigenvalue weighted by Crippen LogP contribution is -2.00. The Morgan fingerprint density at radius 1 is 0.789 bits per heavy atom. The maximum absolute atomic E-state index is 4.24. The van der Waals surface area contributed by atoms with Crippen molar-refractivity contribution in [3.05, 3.63) is 89.7 Å². The summed E-state index contributed by atoms with van der Waals surface area (Å²) in [5.41, 5.74) is 3.98. The standard InChI is InChI=1S/C17H16N2/c1-2-6-15(7-3-1)12-16-8-4-9-17(13-16)14-19-11-5-10-18-19/h1-11,13H,12,14H2. The van der Waals surface area contributed by atoms with Gasteiger partial charge >= 0.3 is 0 Å². The van der Waals surface area contributed by atoms with Gasteiger partial charge in [0.15, 0.2) is 0 Å². The molecule has 0 amide bonds. The Balaban J connectivity index is 1.76. The van der Waals surface area contributed by atoms with Crippen LogP contribution in [0.15, 0.2) is 73.1 Å². The molecular weight excluding hydrogens is 232 g/mol. The molecule has 1 heterocycles. The van der Waals surface area contributed by atoms with Gasteiger partial charge in [0, 0.05) is 12.4 Å². The van der Waals surface area contributed by atoms with Gasteiger partial charge in [0.2, 0.25) is 0 Å². The first-order valence-electron chi connectivity index (χ1n) is 6.49. The van der Waals surface area contributed by atoms with Gasteiger partial charge in [-0.15, -0.1) is 0 Å². The molecule has 0 saturated carbocycles. The van der Waals surface area contributed by atoms with Crippen molar-refractivity contribution < 1.29 is 0 Å². The van der Waals surface area contributed by atoms with E-state index in [9.17, 15) is 0 Å². The third-order valence-electron chi connectivity index (χ3n) is 3.15. The molecule has 2 heteroatoms. The first-order valence-corrected chi connectivity index (χ1v) is 6.49. The highest BCUT2D eigenvalue weighted by molar-refractivity contribution is 5.29. The minimum absolute atomic E-state index is 0.829. The molecule has 0 aliphatic rings. The predicted octanol–water partition coefficient (Wildman–Crippen LogP) is 3.52. The summed E-state index contributed by atoms with van der Waals surface area (Å²) in [6, 6.07) is 21.2. The molecule has 94 valence electrons. The van der Waals surface area contributed by atoms with Crippen molar-refractivity contribution >= 4 is 0 Å². The van der Waals surface area contributed by atoms with Crippen molar-refractivity contribution in [3.63, 3.8) is 0 Å². The normalized spacial score (nSPS) is 10.5. The Morgan fingerprint density at radius 3 is 2.37 bits per heavy atom. The second-order valence-corrected chi connectivity index (χ2v) is 4.69. The Bertz CT molecular complexity index is 627. The zero-order valence-corrected chi connectivity index (χ0v) is 10.7. The van der Waals surface area contributed by atoms with E-state index >= 15 is 0 Å². The van der Waals surface area contributed by atoms with Crippen molar-refractivity contribution in [1.29, 1.82) is 0 Å². The molecule has 2 aromatic carbocycles. The van der Waals surface area contributed by atoms with E-state index in [-0.39, 0.29) is 0 Å². The fraction of sp³-hybridized carbons (Fsp3) is 0.118. The quantitative estimate of drug-likeness (QED) is 0.690. The first kappa shape index (κ1) is 11.7. The van der Waals surface area contributed by atoms with Gasteiger partial charge in [0.05, 0.1) is 6.54 Å². The van der Waals surface area contributed by atoms with Gasteiger partial charge in [-0.1, -0.05) is 54.6 Å². The molecule has 0 aliphatic carbocycles. The molecule has 0 radical (unpaired) electrons. The maximum atomic E-state index is 4.24. The third kappa shape index (κ3) is 3.10. The summed E-state index contributed by atoms with van der Waals surface area (Å²) in [5, 5.41) is 4.24. The predicted molar refractivity (Wildman–Crippen MR) is 77.0 cm³/mol. The van der Waals surface area contributed by atoms with Crippen molar-refractivity contribution in [2.24, 2.45) is 0 Å². The topological polar surface area (TPSA) is 17.8 Å². The van der Waals surface area contributed by atoms with Gasteiger partial charge in [-0.3, -0.25) is 4.68 Å². The smallest absolute Gasteiger partial charge is 0.0659 e. The third-order valence-corrected chi connectivity index (χ3v) is 3.15. The van der Waals surface area contributed by atoms with Crippen molar-refractivity contribution in [1.82, 2.24) is 9.78 Å². The van der Waals surface area contributed by atoms with E-state index in [1.165, 1.54) is 16.7 Å². The molecule has 19 heavy (non-hydrogen) atoms. The van der Waals surface area contributed by atoms with Gasteiger partial charge in [0.1, 0.15) is 0 Å². The summed E-state index contributed by atoms with van der Waals surface area (Å²) < 4.78 is 1.95. The van der Waals surface area contributed by atoms with Crippen LogP contribution in [0.25, 0.3) is 0 Å². The molecule has 0 saturated heterocycles. The van der Waals surface area contributed by atoms with Crippen LogP contribution in [0, 0.1) is 0 Å². The van der Waals surface area contributed by atoms with E-state index in [0.717, 1.165) is 13.0 Å². The Labute approximate surface area is 113 Å². The molecule has 0 unspecified atom stereocenters. The summed E-state index contributed by atoms with van der Waals surface area (Å²) in [6.45, 7) is 0.829. The van der Waals surface area contributed by atoms with Crippen molar-refractivity contribution in [2.45, 2.75) is 13.0 Å². The average Bonchev–Trinajstić information content (AvgIpc) is 2.93. The number of nitrogens with zero attached hydrogens (tertiary/aromatic N) is 2. The molecule has 0 N–H and O–H groups in total. The lowest BCUT2D eigenvalue weighted by molar-refractivity contribution is 0.686. The van der Waals surface area contributed by atoms with E-state index < -0.39 is 0 Å². The molecule has 2 nitrogen and oxygen atoms in total. The summed E-state index contributed by atoms with van der Waals surface area (Å²) >= 11 is 0. The van der Waals surface area contributed by atoms with Crippen LogP contribution in [-0.2, 0) is 13.0 Å². The van der Waals surface area contributed by atoms with Crippen molar-refractivity contribution in [3.8, 4) is 0 Å². The molecule has 0 atom stereocenters. The molecule has 3 aromatic rings. The van der Waals surface area contributed by atoms with E-state index in [1.807, 2.05) is 23.1 Å². The second kappa shape index (κ2) is 5.53. The highest BCUT2D eigenvalue weighted by Gasteiger charge is 1.99. The molecular formula is C17H16N2. The van der Waals surface area contributed by atoms with E-state index in [4.69, 9.17) is 0 Å². The van der Waals surface area contributed by atoms with Crippen LogP contribution >= 0.6 is 0 Å². The van der Waals surface area contributed by atoms with Gasteiger partial charge in [0.25, 0.3) is 0 Å². The van der Waals surface area contributed by atoms with Gasteiger partial charge in [-0.05, 0) is 29.2 Å². The summed E-state index contributed by atoms with van der Waals surface area (Å²) in [6.07, 6.45) is 4.78. The monoisotopic (exact) mass is 248 g/mol. The highest BCUT2D eigenvalue weighted by Crippen LogP contribution is 2.12. The summed E-state index contributed by atoms with van der Waals surface area (Å²) in [7, 11) is 0. The average molecular weight is 248 g/mol. The van der Waals surface area contributed by atoms with Crippen LogP contribution in [-0.4, -0.2) is 9.78 Å². The highest BCUT2D eigenvalue weighted by atomic mass is 15.3. The summed E-state index contributed by atoms with van der Waals surface area (Å²) in [4.78, 5) is 0. The molecule has 0 bridgehead atoms. The Kier molecular flexibility index (Phi) is 3.41. The fourth-order valence-corrected chi connectivity index (χ4v) is 2.25. The molecule has 1 aromatic heterocycles. The zero-order valence-electron chi connectivity index (χ0n) is 10.7. The summed E-state index contributed by atoms with van der Waals surface area (Å²) in [5.74, 6) is 0. The number of aromatic nitrogens is 2. The molecule has 3 rings (SSSR count). The van der Waals surface area contributed by atoms with Crippen LogP contribution in [0.5, 0.6) is 0 Å². The minimum Gasteiger partial charge on any atom is -0.268 e. The number of hydrogen-bond donors (Lipinski definition) is 0. The maximum Gasteiger partial charge on any atom is 0.0659 e. The fourth-order valence-electron chi connectivity index (χ4n) is 2.25. The second-order valence-electron chi connectivity index (χ2n) is 4.69. The van der Waals surface area contributed by atoms with Crippen LogP contribution in [0.3, 0.4) is 0 Å². The minimum atomic E-state index is 0.829. The van der Waals surface area contributed by atoms with Gasteiger partial charge in [-0.2, -0.15) is 5.10 Å². The lowest BCUT2D eigenvalue weighted by Gasteiger charge is -2.06. The van der Waals surface area contributed by atoms with E-state index in [1.54, 1.807) is 0 Å². The molecule has 0 spiro atoms. The van der Waals surface area contributed by atoms with Crippen molar-refractivity contribution in [2.75, 3.05) is 0 Å². The number of benzene rings is 2. The van der Waals surface area contributed by atoms with E-state index in [2.05, 4.69) is 59.7 Å². The van der Waals surface area contributed by atoms with Gasteiger partial charge in [-0.25, -0.2) is 0 Å². The van der Waals surface area contributed by atoms with Crippen LogP contribution in [0.1, 0.15) is 16.7 Å². The SMILES string of the molecule is c1ccc(Cc2cccc(Cn3cccn3)c2)cc1. The number of hydrogen-bond acceptors (Lipinski definition) is 1. The van der Waals surface area contributed by atoms with Gasteiger partial charge < -0.3 is 0 Å². The molecule has 0 aliphatic heterocycles. The van der Waals surface area contributed by atoms with Crippen LogP contribution in [0.4, 0.5) is 0 Å². The van der Waals surface area contributed by atoms with E-state index in [0.29, 0.717) is 0 Å². The number of rotatable bonds is 4. The first-order chi connectivity index (χ1) is 9.40. The zero-order chi connectivity index (χ0) is 12.9. The van der Waals surface area contributed by atoms with Crippen LogP contribution < -0.4 is 0 Å². The Hall–Kier alpha value is -2.35. The largest absolute Gasteiger partial charge is 0.268 e. The van der Waals surface area contributed by atoms with Crippen LogP contribution in [0.2, 0.25) is 0 Å².